The molecule has 0 aliphatic rings. The van der Waals surface area contributed by atoms with E-state index in [0.29, 0.717) is 0 Å². The topological polar surface area (TPSA) is 3.24 Å². The van der Waals surface area contributed by atoms with Gasteiger partial charge in [-0.2, -0.15) is 0 Å². The average Bonchev–Trinajstić information content (AvgIpc) is 2.09. The molecule has 0 saturated heterocycles. The van der Waals surface area contributed by atoms with E-state index in [1.165, 1.54) is 27.8 Å². The molecule has 1 rings (SSSR count). The van der Waals surface area contributed by atoms with Crippen LogP contribution in [0.25, 0.3) is 0 Å². The van der Waals surface area contributed by atoms with Gasteiger partial charge in [0, 0.05) is 6.54 Å². The maximum absolute atomic E-state index is 2.29. The van der Waals surface area contributed by atoms with E-state index in [0.717, 1.165) is 6.54 Å². The summed E-state index contributed by atoms with van der Waals surface area (Å²) in [5.41, 5.74) is 7.20. The van der Waals surface area contributed by atoms with E-state index in [9.17, 15) is 0 Å². The molecule has 1 heteroatoms. The Morgan fingerprint density at radius 3 is 2.00 bits per heavy atom. The first-order valence-corrected chi connectivity index (χ1v) is 5.14. The van der Waals surface area contributed by atoms with E-state index in [-0.39, 0.29) is 0 Å². The molecule has 0 heterocycles. The number of benzene rings is 1. The Kier molecular flexibility index (Phi) is 3.33. The Balaban J connectivity index is 3.22. The van der Waals surface area contributed by atoms with Crippen LogP contribution < -0.4 is 0 Å². The molecule has 0 unspecified atom stereocenters. The van der Waals surface area contributed by atoms with Crippen molar-refractivity contribution in [3.63, 3.8) is 0 Å². The van der Waals surface area contributed by atoms with E-state index in [4.69, 9.17) is 0 Å². The highest BCUT2D eigenvalue weighted by atomic mass is 15.0. The normalized spacial score (nSPS) is 11.1. The van der Waals surface area contributed by atoms with Crippen LogP contribution in [-0.2, 0) is 6.54 Å². The minimum atomic E-state index is 1.04. The van der Waals surface area contributed by atoms with Crippen molar-refractivity contribution in [2.75, 3.05) is 14.1 Å². The molecule has 1 nitrogen and oxygen atoms in total. The highest BCUT2D eigenvalue weighted by Gasteiger charge is 2.08. The third kappa shape index (κ3) is 2.16. The highest BCUT2D eigenvalue weighted by Crippen LogP contribution is 2.22. The Morgan fingerprint density at radius 2 is 1.50 bits per heavy atom. The van der Waals surface area contributed by atoms with Gasteiger partial charge in [-0.1, -0.05) is 6.07 Å². The molecule has 0 radical (unpaired) electrons. The van der Waals surface area contributed by atoms with E-state index >= 15 is 0 Å². The molecule has 1 aromatic carbocycles. The summed E-state index contributed by atoms with van der Waals surface area (Å²) in [4.78, 5) is 2.23. The largest absolute Gasteiger partial charge is 0.305 e. The average molecular weight is 191 g/mol. The number of hydrogen-bond donors (Lipinski definition) is 0. The molecule has 0 fully saturated rings. The summed E-state index contributed by atoms with van der Waals surface area (Å²) in [6, 6.07) is 2.29. The van der Waals surface area contributed by atoms with Crippen molar-refractivity contribution in [1.82, 2.24) is 4.90 Å². The number of nitrogens with zero attached hydrogens (tertiary/aromatic N) is 1. The lowest BCUT2D eigenvalue weighted by Crippen LogP contribution is -2.13. The molecular formula is C13H21N. The fourth-order valence-corrected chi connectivity index (χ4v) is 1.90. The van der Waals surface area contributed by atoms with Gasteiger partial charge >= 0.3 is 0 Å². The summed E-state index contributed by atoms with van der Waals surface area (Å²) in [7, 11) is 4.24. The molecule has 0 N–H and O–H groups in total. The van der Waals surface area contributed by atoms with Gasteiger partial charge in [0.25, 0.3) is 0 Å². The maximum Gasteiger partial charge on any atom is 0.0233 e. The zero-order valence-corrected chi connectivity index (χ0v) is 10.2. The van der Waals surface area contributed by atoms with Crippen LogP contribution in [0.3, 0.4) is 0 Å². The van der Waals surface area contributed by atoms with Crippen molar-refractivity contribution in [2.24, 2.45) is 0 Å². The minimum Gasteiger partial charge on any atom is -0.305 e. The van der Waals surface area contributed by atoms with Gasteiger partial charge in [0.2, 0.25) is 0 Å². The third-order valence-electron chi connectivity index (χ3n) is 2.99. The van der Waals surface area contributed by atoms with Crippen molar-refractivity contribution in [2.45, 2.75) is 34.2 Å². The first-order valence-electron chi connectivity index (χ1n) is 5.14. The van der Waals surface area contributed by atoms with Crippen LogP contribution >= 0.6 is 0 Å². The highest BCUT2D eigenvalue weighted by molar-refractivity contribution is 5.43. The summed E-state index contributed by atoms with van der Waals surface area (Å²) >= 11 is 0. The zero-order valence-electron chi connectivity index (χ0n) is 10.2. The van der Waals surface area contributed by atoms with Crippen LogP contribution in [0.15, 0.2) is 6.07 Å². The Morgan fingerprint density at radius 1 is 0.929 bits per heavy atom. The summed E-state index contributed by atoms with van der Waals surface area (Å²) in [6.45, 7) is 9.88. The van der Waals surface area contributed by atoms with Gasteiger partial charge in [-0.25, -0.2) is 0 Å². The second-order valence-electron chi connectivity index (χ2n) is 4.48. The van der Waals surface area contributed by atoms with Crippen molar-refractivity contribution >= 4 is 0 Å². The molecule has 0 aliphatic carbocycles. The van der Waals surface area contributed by atoms with Crippen molar-refractivity contribution in [3.8, 4) is 0 Å². The summed E-state index contributed by atoms with van der Waals surface area (Å²) in [6.07, 6.45) is 0. The molecule has 0 amide bonds. The number of rotatable bonds is 2. The Bertz CT molecular complexity index is 338. The van der Waals surface area contributed by atoms with Crippen LogP contribution in [0, 0.1) is 27.7 Å². The van der Waals surface area contributed by atoms with Crippen LogP contribution in [0.5, 0.6) is 0 Å². The number of hydrogen-bond acceptors (Lipinski definition) is 1. The Labute approximate surface area is 87.7 Å². The molecule has 0 atom stereocenters. The van der Waals surface area contributed by atoms with Crippen molar-refractivity contribution in [1.29, 1.82) is 0 Å². The first-order chi connectivity index (χ1) is 6.43. The summed E-state index contributed by atoms with van der Waals surface area (Å²) in [5.74, 6) is 0. The lowest BCUT2D eigenvalue weighted by molar-refractivity contribution is 0.400. The standard InChI is InChI=1S/C13H21N/c1-9-7-10(2)13(8-14(5)6)12(4)11(9)3/h7H,8H2,1-6H3. The van der Waals surface area contributed by atoms with Gasteiger partial charge in [-0.15, -0.1) is 0 Å². The predicted octanol–water partition coefficient (Wildman–Crippen LogP) is 2.98. The molecule has 0 saturated carbocycles. The second kappa shape index (κ2) is 4.14. The van der Waals surface area contributed by atoms with Gasteiger partial charge in [0.1, 0.15) is 0 Å². The van der Waals surface area contributed by atoms with Gasteiger partial charge in [0.05, 0.1) is 0 Å². The lowest BCUT2D eigenvalue weighted by atomic mass is 9.94. The van der Waals surface area contributed by atoms with Crippen LogP contribution in [-0.4, -0.2) is 19.0 Å². The first kappa shape index (κ1) is 11.3. The monoisotopic (exact) mass is 191 g/mol. The maximum atomic E-state index is 2.29. The Hall–Kier alpha value is -0.820. The SMILES string of the molecule is Cc1cc(C)c(CN(C)C)c(C)c1C. The molecule has 1 aromatic rings. The molecular weight excluding hydrogens is 170 g/mol. The van der Waals surface area contributed by atoms with Crippen LogP contribution in [0.4, 0.5) is 0 Å². The van der Waals surface area contributed by atoms with Crippen LogP contribution in [0.2, 0.25) is 0 Å². The van der Waals surface area contributed by atoms with E-state index in [1.807, 2.05) is 0 Å². The van der Waals surface area contributed by atoms with Crippen molar-refractivity contribution < 1.29 is 0 Å². The molecule has 78 valence electrons. The van der Waals surface area contributed by atoms with Crippen molar-refractivity contribution in [3.05, 3.63) is 33.9 Å². The molecule has 0 bridgehead atoms. The fourth-order valence-electron chi connectivity index (χ4n) is 1.90. The predicted molar refractivity (Wildman–Crippen MR) is 62.8 cm³/mol. The quantitative estimate of drug-likeness (QED) is 0.694. The van der Waals surface area contributed by atoms with E-state index < -0.39 is 0 Å². The van der Waals surface area contributed by atoms with E-state index in [2.05, 4.69) is 52.8 Å². The summed E-state index contributed by atoms with van der Waals surface area (Å²) in [5, 5.41) is 0. The zero-order chi connectivity index (χ0) is 10.9. The van der Waals surface area contributed by atoms with Gasteiger partial charge in [0.15, 0.2) is 0 Å². The van der Waals surface area contributed by atoms with Gasteiger partial charge in [-0.05, 0) is 69.6 Å². The number of aryl methyl sites for hydroxylation is 2. The summed E-state index contributed by atoms with van der Waals surface area (Å²) < 4.78 is 0. The molecule has 14 heavy (non-hydrogen) atoms. The van der Waals surface area contributed by atoms with Gasteiger partial charge < -0.3 is 4.90 Å². The minimum absolute atomic E-state index is 1.04. The second-order valence-corrected chi connectivity index (χ2v) is 4.48. The third-order valence-corrected chi connectivity index (χ3v) is 2.99. The fraction of sp³-hybridized carbons (Fsp3) is 0.538. The van der Waals surface area contributed by atoms with Gasteiger partial charge in [-0.3, -0.25) is 0 Å². The molecule has 0 aromatic heterocycles. The molecule has 0 aliphatic heterocycles. The van der Waals surface area contributed by atoms with Crippen LogP contribution in [0.1, 0.15) is 27.8 Å². The lowest BCUT2D eigenvalue weighted by Gasteiger charge is -2.18. The van der Waals surface area contributed by atoms with E-state index in [1.54, 1.807) is 0 Å². The molecule has 0 spiro atoms. The smallest absolute Gasteiger partial charge is 0.0233 e.